The summed E-state index contributed by atoms with van der Waals surface area (Å²) >= 11 is 0. The van der Waals surface area contributed by atoms with E-state index in [-0.39, 0.29) is 11.7 Å². The first-order valence-electron chi connectivity index (χ1n) is 5.58. The lowest BCUT2D eigenvalue weighted by Gasteiger charge is -2.06. The van der Waals surface area contributed by atoms with Gasteiger partial charge in [-0.1, -0.05) is 0 Å². The summed E-state index contributed by atoms with van der Waals surface area (Å²) in [7, 11) is 1.77. The van der Waals surface area contributed by atoms with Gasteiger partial charge >= 0.3 is 0 Å². The number of carbonyl (C=O) groups excluding carboxylic acids is 1. The van der Waals surface area contributed by atoms with E-state index in [0.717, 1.165) is 5.56 Å². The molecular weight excluding hydrogens is 230 g/mol. The quantitative estimate of drug-likeness (QED) is 0.795. The van der Waals surface area contributed by atoms with Gasteiger partial charge < -0.3 is 10.4 Å². The van der Waals surface area contributed by atoms with E-state index < -0.39 is 0 Å². The van der Waals surface area contributed by atoms with E-state index in [9.17, 15) is 9.90 Å². The number of aryl methyl sites for hydroxylation is 3. The van der Waals surface area contributed by atoms with E-state index in [1.807, 2.05) is 0 Å². The number of nitrogens with zero attached hydrogens (tertiary/aromatic N) is 2. The number of anilines is 1. The van der Waals surface area contributed by atoms with E-state index in [1.165, 1.54) is 0 Å². The summed E-state index contributed by atoms with van der Waals surface area (Å²) in [5.41, 5.74) is 2.60. The molecule has 2 rings (SSSR count). The summed E-state index contributed by atoms with van der Waals surface area (Å²) in [4.78, 5) is 12.0. The van der Waals surface area contributed by atoms with E-state index in [4.69, 9.17) is 0 Å². The van der Waals surface area contributed by atoms with Crippen LogP contribution in [0.3, 0.4) is 0 Å². The Morgan fingerprint density at radius 2 is 2.11 bits per heavy atom. The number of aromatic hydroxyl groups is 1. The second-order valence-corrected chi connectivity index (χ2v) is 4.26. The van der Waals surface area contributed by atoms with Gasteiger partial charge in [-0.15, -0.1) is 0 Å². The molecular formula is C13H15N3O2. The third kappa shape index (κ3) is 2.34. The standard InChI is InChI=1S/C13H15N3O2/c1-8-6-10(4-5-12(8)17)14-13(18)11-7-16(3)15-9(11)2/h4-7,17H,1-3H3,(H,14,18). The van der Waals surface area contributed by atoms with Crippen molar-refractivity contribution in [3.8, 4) is 5.75 Å². The summed E-state index contributed by atoms with van der Waals surface area (Å²) in [6, 6.07) is 4.94. The molecule has 5 heteroatoms. The fourth-order valence-corrected chi connectivity index (χ4v) is 1.75. The summed E-state index contributed by atoms with van der Waals surface area (Å²) in [5.74, 6) is 0.0104. The van der Waals surface area contributed by atoms with Crippen molar-refractivity contribution < 1.29 is 9.90 Å². The van der Waals surface area contributed by atoms with Crippen LogP contribution < -0.4 is 5.32 Å². The molecule has 0 aliphatic rings. The Hall–Kier alpha value is -2.30. The molecule has 1 aromatic carbocycles. The summed E-state index contributed by atoms with van der Waals surface area (Å²) in [6.45, 7) is 3.57. The van der Waals surface area contributed by atoms with Gasteiger partial charge in [-0.3, -0.25) is 9.48 Å². The number of amides is 1. The molecule has 0 unspecified atom stereocenters. The second-order valence-electron chi connectivity index (χ2n) is 4.26. The molecule has 2 aromatic rings. The highest BCUT2D eigenvalue weighted by atomic mass is 16.3. The van der Waals surface area contributed by atoms with Crippen LogP contribution >= 0.6 is 0 Å². The van der Waals surface area contributed by atoms with Gasteiger partial charge in [-0.05, 0) is 37.6 Å². The maximum atomic E-state index is 12.0. The number of phenols is 1. The van der Waals surface area contributed by atoms with Gasteiger partial charge in [0, 0.05) is 18.9 Å². The average molecular weight is 245 g/mol. The Balaban J connectivity index is 2.21. The van der Waals surface area contributed by atoms with Gasteiger partial charge in [-0.25, -0.2) is 0 Å². The molecule has 1 aromatic heterocycles. The molecule has 1 heterocycles. The first kappa shape index (κ1) is 12.2. The van der Waals surface area contributed by atoms with Crippen LogP contribution in [0.1, 0.15) is 21.6 Å². The molecule has 2 N–H and O–H groups in total. The maximum Gasteiger partial charge on any atom is 0.259 e. The molecule has 0 saturated heterocycles. The second kappa shape index (κ2) is 4.52. The van der Waals surface area contributed by atoms with Gasteiger partial charge in [0.1, 0.15) is 5.75 Å². The van der Waals surface area contributed by atoms with Crippen molar-refractivity contribution in [1.29, 1.82) is 0 Å². The molecule has 94 valence electrons. The first-order valence-corrected chi connectivity index (χ1v) is 5.58. The molecule has 0 fully saturated rings. The summed E-state index contributed by atoms with van der Waals surface area (Å²) in [6.07, 6.45) is 1.68. The topological polar surface area (TPSA) is 67.2 Å². The average Bonchev–Trinajstić information content (AvgIpc) is 2.63. The van der Waals surface area contributed by atoms with Crippen molar-refractivity contribution in [2.24, 2.45) is 7.05 Å². The Bertz CT molecular complexity index is 602. The molecule has 0 aliphatic heterocycles. The molecule has 0 saturated carbocycles. The third-order valence-electron chi connectivity index (χ3n) is 2.71. The predicted molar refractivity (Wildman–Crippen MR) is 68.7 cm³/mol. The van der Waals surface area contributed by atoms with E-state index in [0.29, 0.717) is 16.9 Å². The number of hydrogen-bond acceptors (Lipinski definition) is 3. The van der Waals surface area contributed by atoms with Crippen molar-refractivity contribution in [2.75, 3.05) is 5.32 Å². The molecule has 0 spiro atoms. The van der Waals surface area contributed by atoms with Crippen LogP contribution in [0.5, 0.6) is 5.75 Å². The fourth-order valence-electron chi connectivity index (χ4n) is 1.75. The minimum Gasteiger partial charge on any atom is -0.508 e. The number of nitrogens with one attached hydrogen (secondary N) is 1. The number of aromatic nitrogens is 2. The molecule has 1 amide bonds. The first-order chi connectivity index (χ1) is 8.47. The third-order valence-corrected chi connectivity index (χ3v) is 2.71. The summed E-state index contributed by atoms with van der Waals surface area (Å²) in [5, 5.41) is 16.3. The minimum absolute atomic E-state index is 0.203. The van der Waals surface area contributed by atoms with Crippen LogP contribution in [0, 0.1) is 13.8 Å². The Labute approximate surface area is 105 Å². The summed E-state index contributed by atoms with van der Waals surface area (Å²) < 4.78 is 1.60. The van der Waals surface area contributed by atoms with Crippen LogP contribution in [-0.4, -0.2) is 20.8 Å². The van der Waals surface area contributed by atoms with Crippen molar-refractivity contribution in [3.63, 3.8) is 0 Å². The lowest BCUT2D eigenvalue weighted by Crippen LogP contribution is -2.12. The zero-order valence-corrected chi connectivity index (χ0v) is 10.6. The number of carbonyl (C=O) groups is 1. The molecule has 18 heavy (non-hydrogen) atoms. The Kier molecular flexibility index (Phi) is 3.06. The highest BCUT2D eigenvalue weighted by Crippen LogP contribution is 2.20. The maximum absolute atomic E-state index is 12.0. The monoisotopic (exact) mass is 245 g/mol. The lowest BCUT2D eigenvalue weighted by atomic mass is 10.2. The number of benzene rings is 1. The van der Waals surface area contributed by atoms with Crippen molar-refractivity contribution in [3.05, 3.63) is 41.2 Å². The van der Waals surface area contributed by atoms with Gasteiger partial charge in [0.15, 0.2) is 0 Å². The van der Waals surface area contributed by atoms with Gasteiger partial charge in [-0.2, -0.15) is 5.10 Å². The van der Waals surface area contributed by atoms with Gasteiger partial charge in [0.2, 0.25) is 0 Å². The largest absolute Gasteiger partial charge is 0.508 e. The normalized spacial score (nSPS) is 10.4. The Morgan fingerprint density at radius 1 is 1.39 bits per heavy atom. The molecule has 5 nitrogen and oxygen atoms in total. The van der Waals surface area contributed by atoms with E-state index in [1.54, 1.807) is 50.0 Å². The minimum atomic E-state index is -0.203. The smallest absolute Gasteiger partial charge is 0.259 e. The van der Waals surface area contributed by atoms with Crippen LogP contribution in [0.4, 0.5) is 5.69 Å². The molecule has 0 bridgehead atoms. The van der Waals surface area contributed by atoms with E-state index >= 15 is 0 Å². The highest BCUT2D eigenvalue weighted by Gasteiger charge is 2.12. The zero-order valence-electron chi connectivity index (χ0n) is 10.6. The molecule has 0 radical (unpaired) electrons. The highest BCUT2D eigenvalue weighted by molar-refractivity contribution is 6.04. The number of rotatable bonds is 2. The molecule has 0 atom stereocenters. The van der Waals surface area contributed by atoms with Crippen LogP contribution in [0.2, 0.25) is 0 Å². The number of hydrogen-bond donors (Lipinski definition) is 2. The number of phenolic OH excluding ortho intramolecular Hbond substituents is 1. The Morgan fingerprint density at radius 3 is 2.67 bits per heavy atom. The van der Waals surface area contributed by atoms with Crippen LogP contribution in [-0.2, 0) is 7.05 Å². The molecule has 0 aliphatic carbocycles. The van der Waals surface area contributed by atoms with Gasteiger partial charge in [0.05, 0.1) is 11.3 Å². The fraction of sp³-hybridized carbons (Fsp3) is 0.231. The predicted octanol–water partition coefficient (Wildman–Crippen LogP) is 1.99. The lowest BCUT2D eigenvalue weighted by molar-refractivity contribution is 0.102. The van der Waals surface area contributed by atoms with Gasteiger partial charge in [0.25, 0.3) is 5.91 Å². The SMILES string of the molecule is Cc1cc(NC(=O)c2cn(C)nc2C)ccc1O. The zero-order chi connectivity index (χ0) is 13.3. The van der Waals surface area contributed by atoms with Crippen LogP contribution in [0.15, 0.2) is 24.4 Å². The van der Waals surface area contributed by atoms with Crippen molar-refractivity contribution >= 4 is 11.6 Å². The van der Waals surface area contributed by atoms with Crippen LogP contribution in [0.25, 0.3) is 0 Å². The van der Waals surface area contributed by atoms with Crippen molar-refractivity contribution in [1.82, 2.24) is 9.78 Å². The van der Waals surface area contributed by atoms with E-state index in [2.05, 4.69) is 10.4 Å². The van der Waals surface area contributed by atoms with Crippen molar-refractivity contribution in [2.45, 2.75) is 13.8 Å².